The molecule has 0 saturated carbocycles. The van der Waals surface area contributed by atoms with Gasteiger partial charge in [0, 0.05) is 23.0 Å². The van der Waals surface area contributed by atoms with E-state index in [-0.39, 0.29) is 5.91 Å². The summed E-state index contributed by atoms with van der Waals surface area (Å²) in [7, 11) is 3.18. The molecule has 0 aromatic heterocycles. The van der Waals surface area contributed by atoms with E-state index in [0.717, 1.165) is 16.8 Å². The van der Waals surface area contributed by atoms with Crippen LogP contribution in [0.25, 0.3) is 0 Å². The molecule has 28 heavy (non-hydrogen) atoms. The van der Waals surface area contributed by atoms with Crippen molar-refractivity contribution >= 4 is 28.9 Å². The second kappa shape index (κ2) is 8.31. The molecule has 0 unspecified atom stereocenters. The summed E-state index contributed by atoms with van der Waals surface area (Å²) < 4.78 is 10.8. The predicted octanol–water partition coefficient (Wildman–Crippen LogP) is 3.44. The molecule has 0 saturated heterocycles. The van der Waals surface area contributed by atoms with E-state index in [2.05, 4.69) is 16.0 Å². The highest BCUT2D eigenvalue weighted by atomic mass is 32.1. The number of para-hydroxylation sites is 1. The van der Waals surface area contributed by atoms with Gasteiger partial charge in [-0.3, -0.25) is 4.79 Å². The van der Waals surface area contributed by atoms with Crippen LogP contribution in [0.4, 0.5) is 5.69 Å². The highest BCUT2D eigenvalue weighted by molar-refractivity contribution is 7.80. The van der Waals surface area contributed by atoms with Crippen LogP contribution in [0.2, 0.25) is 0 Å². The highest BCUT2D eigenvalue weighted by Gasteiger charge is 2.32. The smallest absolute Gasteiger partial charge is 0.255 e. The van der Waals surface area contributed by atoms with Crippen LogP contribution in [-0.4, -0.2) is 25.2 Å². The number of amides is 1. The second-order valence-corrected chi connectivity index (χ2v) is 6.86. The number of benzene rings is 2. The average molecular weight is 398 g/mol. The quantitative estimate of drug-likeness (QED) is 0.672. The first kappa shape index (κ1) is 19.7. The lowest BCUT2D eigenvalue weighted by Crippen LogP contribution is -2.45. The van der Waals surface area contributed by atoms with E-state index >= 15 is 0 Å². The molecule has 0 aliphatic carbocycles. The van der Waals surface area contributed by atoms with Crippen LogP contribution >= 0.6 is 12.2 Å². The third-order valence-corrected chi connectivity index (χ3v) is 4.88. The zero-order chi connectivity index (χ0) is 20.3. The molecule has 0 spiro atoms. The van der Waals surface area contributed by atoms with E-state index in [4.69, 9.17) is 21.7 Å². The summed E-state index contributed by atoms with van der Waals surface area (Å²) in [5, 5.41) is 9.68. The molecule has 0 radical (unpaired) electrons. The molecule has 0 bridgehead atoms. The minimum atomic E-state index is -0.460. The molecule has 1 aliphatic rings. The van der Waals surface area contributed by atoms with Gasteiger partial charge in [-0.25, -0.2) is 0 Å². The first-order chi connectivity index (χ1) is 13.4. The number of methoxy groups -OCH3 is 2. The van der Waals surface area contributed by atoms with Crippen LogP contribution < -0.4 is 25.4 Å². The van der Waals surface area contributed by atoms with E-state index in [1.165, 1.54) is 0 Å². The van der Waals surface area contributed by atoms with Crippen LogP contribution in [0.15, 0.2) is 53.7 Å². The number of hydrogen-bond acceptors (Lipinski definition) is 4. The normalized spacial score (nSPS) is 16.1. The number of rotatable bonds is 5. The van der Waals surface area contributed by atoms with Crippen molar-refractivity contribution in [1.29, 1.82) is 0 Å². The predicted molar refractivity (Wildman–Crippen MR) is 114 cm³/mol. The monoisotopic (exact) mass is 397 g/mol. The lowest BCUT2D eigenvalue weighted by Gasteiger charge is -2.31. The number of aryl methyl sites for hydroxylation is 1. The lowest BCUT2D eigenvalue weighted by molar-refractivity contribution is -0.113. The number of hydrogen-bond donors (Lipinski definition) is 3. The SMILES string of the molecule is COc1ccc([C@H]2NC(=S)NC(C)=C2C(=O)Nc2ccccc2C)c(OC)c1. The number of ether oxygens (including phenoxy) is 2. The Morgan fingerprint density at radius 1 is 1.11 bits per heavy atom. The van der Waals surface area contributed by atoms with Gasteiger partial charge in [0.2, 0.25) is 0 Å². The summed E-state index contributed by atoms with van der Waals surface area (Å²) in [5.74, 6) is 1.07. The molecule has 1 aliphatic heterocycles. The molecule has 1 atom stereocenters. The third kappa shape index (κ3) is 3.94. The Hall–Kier alpha value is -3.06. The third-order valence-electron chi connectivity index (χ3n) is 4.66. The summed E-state index contributed by atoms with van der Waals surface area (Å²) in [5.41, 5.74) is 3.78. The maximum atomic E-state index is 13.2. The minimum Gasteiger partial charge on any atom is -0.497 e. The van der Waals surface area contributed by atoms with Gasteiger partial charge >= 0.3 is 0 Å². The van der Waals surface area contributed by atoms with Gasteiger partial charge in [-0.1, -0.05) is 18.2 Å². The Bertz CT molecular complexity index is 956. The minimum absolute atomic E-state index is 0.211. The Labute approximate surface area is 169 Å². The van der Waals surface area contributed by atoms with E-state index < -0.39 is 6.04 Å². The topological polar surface area (TPSA) is 71.6 Å². The Kier molecular flexibility index (Phi) is 5.84. The van der Waals surface area contributed by atoms with E-state index in [9.17, 15) is 4.79 Å². The number of allylic oxidation sites excluding steroid dienone is 1. The van der Waals surface area contributed by atoms with Crippen molar-refractivity contribution in [1.82, 2.24) is 10.6 Å². The molecule has 3 N–H and O–H groups in total. The zero-order valence-corrected chi connectivity index (χ0v) is 17.1. The second-order valence-electron chi connectivity index (χ2n) is 6.45. The molecule has 1 heterocycles. The first-order valence-corrected chi connectivity index (χ1v) is 9.22. The summed E-state index contributed by atoms with van der Waals surface area (Å²) in [4.78, 5) is 13.2. The Morgan fingerprint density at radius 2 is 1.86 bits per heavy atom. The van der Waals surface area contributed by atoms with Crippen LogP contribution in [0, 0.1) is 6.92 Å². The molecule has 6 nitrogen and oxygen atoms in total. The van der Waals surface area contributed by atoms with E-state index in [1.54, 1.807) is 20.3 Å². The van der Waals surface area contributed by atoms with Gasteiger partial charge in [-0.05, 0) is 49.8 Å². The van der Waals surface area contributed by atoms with Gasteiger partial charge in [0.15, 0.2) is 5.11 Å². The van der Waals surface area contributed by atoms with Crippen molar-refractivity contribution in [2.45, 2.75) is 19.9 Å². The summed E-state index contributed by atoms with van der Waals surface area (Å²) in [6.45, 7) is 3.79. The molecule has 0 fully saturated rings. The van der Waals surface area contributed by atoms with Gasteiger partial charge in [-0.15, -0.1) is 0 Å². The number of anilines is 1. The first-order valence-electron chi connectivity index (χ1n) is 8.81. The zero-order valence-electron chi connectivity index (χ0n) is 16.3. The number of carbonyl (C=O) groups excluding carboxylic acids is 1. The van der Waals surface area contributed by atoms with Crippen molar-refractivity contribution in [2.75, 3.05) is 19.5 Å². The van der Waals surface area contributed by atoms with Crippen LogP contribution in [-0.2, 0) is 4.79 Å². The molecule has 2 aromatic carbocycles. The van der Waals surface area contributed by atoms with Gasteiger partial charge in [0.25, 0.3) is 5.91 Å². The summed E-state index contributed by atoms with van der Waals surface area (Å²) >= 11 is 5.32. The molecule has 1 amide bonds. The summed E-state index contributed by atoms with van der Waals surface area (Å²) in [6.07, 6.45) is 0. The van der Waals surface area contributed by atoms with E-state index in [0.29, 0.717) is 27.9 Å². The van der Waals surface area contributed by atoms with Crippen molar-refractivity contribution in [3.8, 4) is 11.5 Å². The summed E-state index contributed by atoms with van der Waals surface area (Å²) in [6, 6.07) is 12.7. The highest BCUT2D eigenvalue weighted by Crippen LogP contribution is 2.35. The van der Waals surface area contributed by atoms with Crippen LogP contribution in [0.5, 0.6) is 11.5 Å². The maximum Gasteiger partial charge on any atom is 0.255 e. The fourth-order valence-electron chi connectivity index (χ4n) is 3.19. The number of carbonyl (C=O) groups is 1. The Morgan fingerprint density at radius 3 is 2.54 bits per heavy atom. The molecule has 146 valence electrons. The average Bonchev–Trinajstić information content (AvgIpc) is 2.68. The maximum absolute atomic E-state index is 13.2. The van der Waals surface area contributed by atoms with Crippen LogP contribution in [0.3, 0.4) is 0 Å². The van der Waals surface area contributed by atoms with Crippen molar-refractivity contribution in [2.24, 2.45) is 0 Å². The number of nitrogens with one attached hydrogen (secondary N) is 3. The van der Waals surface area contributed by atoms with Crippen molar-refractivity contribution in [3.05, 3.63) is 64.9 Å². The van der Waals surface area contributed by atoms with Gasteiger partial charge < -0.3 is 25.4 Å². The van der Waals surface area contributed by atoms with Gasteiger partial charge in [0.1, 0.15) is 11.5 Å². The standard InChI is InChI=1S/C21H23N3O3S/c1-12-7-5-6-8-16(12)23-20(25)18-13(2)22-21(28)24-19(18)15-10-9-14(26-3)11-17(15)27-4/h5-11,19H,1-4H3,(H,23,25)(H2,22,24,28)/t19-/m1/s1. The fourth-order valence-corrected chi connectivity index (χ4v) is 3.46. The molecular formula is C21H23N3O3S. The van der Waals surface area contributed by atoms with Crippen molar-refractivity contribution in [3.63, 3.8) is 0 Å². The molecule has 3 rings (SSSR count). The van der Waals surface area contributed by atoms with E-state index in [1.807, 2.05) is 50.2 Å². The molecule has 2 aromatic rings. The number of thiocarbonyl (C=S) groups is 1. The molecule has 7 heteroatoms. The van der Waals surface area contributed by atoms with Crippen molar-refractivity contribution < 1.29 is 14.3 Å². The fraction of sp³-hybridized carbons (Fsp3) is 0.238. The largest absolute Gasteiger partial charge is 0.497 e. The van der Waals surface area contributed by atoms with Gasteiger partial charge in [-0.2, -0.15) is 0 Å². The molecular weight excluding hydrogens is 374 g/mol. The Balaban J connectivity index is 2.02. The van der Waals surface area contributed by atoms with Crippen LogP contribution in [0.1, 0.15) is 24.1 Å². The van der Waals surface area contributed by atoms with Gasteiger partial charge in [0.05, 0.1) is 25.8 Å². The lowest BCUT2D eigenvalue weighted by atomic mass is 9.94.